The summed E-state index contributed by atoms with van der Waals surface area (Å²) in [6.07, 6.45) is 10.9. The predicted molar refractivity (Wildman–Crippen MR) is 119 cm³/mol. The molecule has 5 rings (SSSR count). The molecule has 1 spiro atoms. The molecule has 0 radical (unpaired) electrons. The summed E-state index contributed by atoms with van der Waals surface area (Å²) in [7, 11) is -1.57. The van der Waals surface area contributed by atoms with Crippen molar-refractivity contribution >= 4 is 8.32 Å². The van der Waals surface area contributed by atoms with Gasteiger partial charge in [-0.05, 0) is 87.9 Å². The van der Waals surface area contributed by atoms with Crippen LogP contribution in [0.3, 0.4) is 0 Å². The summed E-state index contributed by atoms with van der Waals surface area (Å²) in [6, 6.07) is 0. The molecule has 29 heavy (non-hydrogen) atoms. The molecule has 1 saturated heterocycles. The molecule has 1 heterocycles. The summed E-state index contributed by atoms with van der Waals surface area (Å²) in [6.45, 7) is 16.0. The molecule has 0 aromatic carbocycles. The van der Waals surface area contributed by atoms with Gasteiger partial charge in [0.2, 0.25) is 8.32 Å². The van der Waals surface area contributed by atoms with Crippen LogP contribution in [-0.2, 0) is 13.9 Å². The van der Waals surface area contributed by atoms with E-state index in [0.717, 1.165) is 43.8 Å². The summed E-state index contributed by atoms with van der Waals surface area (Å²) < 4.78 is 18.9. The minimum absolute atomic E-state index is 0.253. The standard InChI is InChI=1S/C25H40O3Si/c1-17-15-18-19-7-8-22(28-29(4,5)6)24(19,3)10-9-20(18)23(2)11-12-25(16-21(17)23)26-13-14-27-25/h8,18-20H,7,9-16H2,1-6H3/t18-,19-,20-,23+,24-/m0/s1. The number of allylic oxidation sites excluding steroid dienone is 3. The van der Waals surface area contributed by atoms with Gasteiger partial charge < -0.3 is 13.9 Å². The second kappa shape index (κ2) is 6.46. The van der Waals surface area contributed by atoms with Gasteiger partial charge in [-0.15, -0.1) is 0 Å². The highest BCUT2D eigenvalue weighted by atomic mass is 28.4. The van der Waals surface area contributed by atoms with Crippen molar-refractivity contribution in [2.45, 2.75) is 91.1 Å². The monoisotopic (exact) mass is 416 g/mol. The van der Waals surface area contributed by atoms with Crippen molar-refractivity contribution in [3.05, 3.63) is 23.0 Å². The Hall–Kier alpha value is -0.583. The van der Waals surface area contributed by atoms with Gasteiger partial charge in [-0.1, -0.05) is 25.0 Å². The molecule has 0 N–H and O–H groups in total. The van der Waals surface area contributed by atoms with Crippen LogP contribution < -0.4 is 0 Å². The van der Waals surface area contributed by atoms with Crippen molar-refractivity contribution < 1.29 is 13.9 Å². The van der Waals surface area contributed by atoms with Gasteiger partial charge in [0.25, 0.3) is 0 Å². The van der Waals surface area contributed by atoms with Crippen LogP contribution in [0.15, 0.2) is 23.0 Å². The van der Waals surface area contributed by atoms with Crippen LogP contribution >= 0.6 is 0 Å². The van der Waals surface area contributed by atoms with Crippen molar-refractivity contribution in [3.8, 4) is 0 Å². The van der Waals surface area contributed by atoms with E-state index in [2.05, 4.69) is 46.5 Å². The van der Waals surface area contributed by atoms with Gasteiger partial charge in [0.05, 0.1) is 19.0 Å². The molecule has 1 aliphatic heterocycles. The summed E-state index contributed by atoms with van der Waals surface area (Å²) in [4.78, 5) is 0. The van der Waals surface area contributed by atoms with E-state index in [1.165, 1.54) is 37.9 Å². The minimum Gasteiger partial charge on any atom is -0.547 e. The lowest BCUT2D eigenvalue weighted by Crippen LogP contribution is -2.53. The zero-order chi connectivity index (χ0) is 20.7. The van der Waals surface area contributed by atoms with Gasteiger partial charge in [0, 0.05) is 18.3 Å². The van der Waals surface area contributed by atoms with Crippen molar-refractivity contribution in [1.82, 2.24) is 0 Å². The average Bonchev–Trinajstić information content (AvgIpc) is 3.21. The minimum atomic E-state index is -1.57. The van der Waals surface area contributed by atoms with Crippen LogP contribution in [0.25, 0.3) is 0 Å². The highest BCUT2D eigenvalue weighted by molar-refractivity contribution is 6.70. The highest BCUT2D eigenvalue weighted by Crippen LogP contribution is 2.67. The van der Waals surface area contributed by atoms with Crippen LogP contribution in [-0.4, -0.2) is 27.3 Å². The average molecular weight is 417 g/mol. The van der Waals surface area contributed by atoms with E-state index < -0.39 is 8.32 Å². The lowest BCUT2D eigenvalue weighted by molar-refractivity contribution is -0.185. The zero-order valence-corrected chi connectivity index (χ0v) is 20.4. The molecule has 3 fully saturated rings. The molecular weight excluding hydrogens is 376 g/mol. The van der Waals surface area contributed by atoms with E-state index in [4.69, 9.17) is 13.9 Å². The molecule has 5 aliphatic rings. The lowest BCUT2D eigenvalue weighted by atomic mass is 9.46. The Morgan fingerprint density at radius 1 is 1.00 bits per heavy atom. The number of ether oxygens (including phenoxy) is 2. The van der Waals surface area contributed by atoms with E-state index in [9.17, 15) is 0 Å². The second-order valence-electron chi connectivity index (χ2n) is 12.0. The SMILES string of the molecule is CC1=C2CC3(CC[C@]2(C)[C@H]2CC[C@]4(C)C(O[Si](C)(C)C)=CC[C@H]4[C@@H]2C1)OCCO3. The Bertz CT molecular complexity index is 757. The molecule has 5 atom stereocenters. The molecule has 0 bridgehead atoms. The van der Waals surface area contributed by atoms with E-state index in [1.54, 1.807) is 11.1 Å². The molecule has 162 valence electrons. The molecule has 2 saturated carbocycles. The van der Waals surface area contributed by atoms with Crippen LogP contribution in [0.2, 0.25) is 19.6 Å². The topological polar surface area (TPSA) is 27.7 Å². The zero-order valence-electron chi connectivity index (χ0n) is 19.4. The molecular formula is C25H40O3Si. The molecule has 0 aromatic rings. The number of fused-ring (bicyclic) bond motifs is 5. The van der Waals surface area contributed by atoms with E-state index >= 15 is 0 Å². The molecule has 0 unspecified atom stereocenters. The Labute approximate surface area is 178 Å². The number of hydrogen-bond acceptors (Lipinski definition) is 3. The van der Waals surface area contributed by atoms with Crippen LogP contribution in [0.1, 0.15) is 65.7 Å². The van der Waals surface area contributed by atoms with Gasteiger partial charge in [-0.2, -0.15) is 0 Å². The van der Waals surface area contributed by atoms with E-state index in [-0.39, 0.29) is 11.2 Å². The van der Waals surface area contributed by atoms with Gasteiger partial charge in [0.1, 0.15) is 0 Å². The first kappa shape index (κ1) is 20.3. The van der Waals surface area contributed by atoms with E-state index in [1.807, 2.05) is 0 Å². The maximum atomic E-state index is 6.63. The Balaban J connectivity index is 1.44. The first-order valence-electron chi connectivity index (χ1n) is 11.9. The third kappa shape index (κ3) is 3.03. The molecule has 0 amide bonds. The molecule has 0 aromatic heterocycles. The highest BCUT2D eigenvalue weighted by Gasteiger charge is 2.60. The van der Waals surface area contributed by atoms with Crippen LogP contribution in [0.4, 0.5) is 0 Å². The molecule has 4 aliphatic carbocycles. The lowest BCUT2D eigenvalue weighted by Gasteiger charge is -2.59. The fourth-order valence-corrected chi connectivity index (χ4v) is 8.78. The van der Waals surface area contributed by atoms with Crippen LogP contribution in [0, 0.1) is 28.6 Å². The Kier molecular flexibility index (Phi) is 4.53. The number of hydrogen-bond donors (Lipinski definition) is 0. The van der Waals surface area contributed by atoms with Gasteiger partial charge in [-0.25, -0.2) is 0 Å². The van der Waals surface area contributed by atoms with Gasteiger partial charge >= 0.3 is 0 Å². The predicted octanol–water partition coefficient (Wildman–Crippen LogP) is 6.43. The summed E-state index contributed by atoms with van der Waals surface area (Å²) >= 11 is 0. The third-order valence-corrected chi connectivity index (χ3v) is 10.0. The smallest absolute Gasteiger partial charge is 0.241 e. The Morgan fingerprint density at radius 2 is 1.72 bits per heavy atom. The van der Waals surface area contributed by atoms with Gasteiger partial charge in [-0.3, -0.25) is 0 Å². The fraction of sp³-hybridized carbons (Fsp3) is 0.840. The summed E-state index contributed by atoms with van der Waals surface area (Å²) in [5.41, 5.74) is 3.90. The van der Waals surface area contributed by atoms with Crippen molar-refractivity contribution in [2.75, 3.05) is 13.2 Å². The maximum Gasteiger partial charge on any atom is 0.241 e. The second-order valence-corrected chi connectivity index (χ2v) is 16.4. The molecule has 3 nitrogen and oxygen atoms in total. The third-order valence-electron chi connectivity index (χ3n) is 9.21. The molecule has 4 heteroatoms. The first-order valence-corrected chi connectivity index (χ1v) is 15.3. The van der Waals surface area contributed by atoms with Crippen molar-refractivity contribution in [3.63, 3.8) is 0 Å². The first-order chi connectivity index (χ1) is 13.6. The summed E-state index contributed by atoms with van der Waals surface area (Å²) in [5.74, 6) is 3.38. The summed E-state index contributed by atoms with van der Waals surface area (Å²) in [5, 5.41) is 0. The normalized spacial score (nSPS) is 43.7. The van der Waals surface area contributed by atoms with Crippen molar-refractivity contribution in [2.24, 2.45) is 28.6 Å². The van der Waals surface area contributed by atoms with Crippen molar-refractivity contribution in [1.29, 1.82) is 0 Å². The largest absolute Gasteiger partial charge is 0.547 e. The van der Waals surface area contributed by atoms with E-state index in [0.29, 0.717) is 5.41 Å². The van der Waals surface area contributed by atoms with Crippen LogP contribution in [0.5, 0.6) is 0 Å². The quantitative estimate of drug-likeness (QED) is 0.383. The maximum absolute atomic E-state index is 6.63. The number of rotatable bonds is 2. The Morgan fingerprint density at radius 3 is 2.41 bits per heavy atom. The fourth-order valence-electron chi connectivity index (χ4n) is 7.81. The van der Waals surface area contributed by atoms with Gasteiger partial charge in [0.15, 0.2) is 5.79 Å².